The van der Waals surface area contributed by atoms with Crippen LogP contribution >= 0.6 is 11.3 Å². The number of rotatable bonds is 3. The molecule has 6 nitrogen and oxygen atoms in total. The normalized spacial score (nSPS) is 11.5. The minimum absolute atomic E-state index is 0.0521. The third-order valence-corrected chi connectivity index (χ3v) is 4.30. The molecule has 0 aliphatic carbocycles. The number of carbonyl (C=O) groups is 1. The Hall–Kier alpha value is -2.22. The van der Waals surface area contributed by atoms with Gasteiger partial charge in [-0.15, -0.1) is 11.3 Å². The Kier molecular flexibility index (Phi) is 4.56. The lowest BCUT2D eigenvalue weighted by atomic mass is 10.1. The number of nitrogens with zero attached hydrogens (tertiary/aromatic N) is 1. The molecule has 0 radical (unpaired) electrons. The molecule has 0 fully saturated rings. The molecular weight excluding hydrogens is 321 g/mol. The summed E-state index contributed by atoms with van der Waals surface area (Å²) in [5.41, 5.74) is -0.771. The third-order valence-electron chi connectivity index (χ3n) is 3.27. The van der Waals surface area contributed by atoms with Gasteiger partial charge in [0.25, 0.3) is 11.5 Å². The molecule has 0 saturated heterocycles. The molecule has 2 heterocycles. The maximum absolute atomic E-state index is 13.1. The Morgan fingerprint density at radius 1 is 1.39 bits per heavy atom. The van der Waals surface area contributed by atoms with Crippen molar-refractivity contribution in [1.29, 1.82) is 0 Å². The van der Waals surface area contributed by atoms with Crippen LogP contribution in [0, 0.1) is 12.1 Å². The summed E-state index contributed by atoms with van der Waals surface area (Å²) >= 11 is 0.752. The van der Waals surface area contributed by atoms with Crippen molar-refractivity contribution in [3.63, 3.8) is 0 Å². The standard InChI is InChI=1S/C15H18FN3O3S/c1-8-5-10(16)23-11(8)13(21)17-6-9-7-19(15(2,3)4)14(22)18-12(9)20/h5,7H,6H2,1-4H3,(H,17,21)(H,18,20,22). The summed E-state index contributed by atoms with van der Waals surface area (Å²) in [7, 11) is 0. The number of aromatic nitrogens is 2. The molecule has 2 aromatic rings. The first-order valence-corrected chi connectivity index (χ1v) is 7.80. The zero-order valence-corrected chi connectivity index (χ0v) is 14.1. The van der Waals surface area contributed by atoms with Gasteiger partial charge in [-0.3, -0.25) is 19.1 Å². The first-order valence-electron chi connectivity index (χ1n) is 6.99. The van der Waals surface area contributed by atoms with Crippen molar-refractivity contribution < 1.29 is 9.18 Å². The Balaban J connectivity index is 2.24. The molecule has 124 valence electrons. The Morgan fingerprint density at radius 3 is 2.57 bits per heavy atom. The zero-order valence-electron chi connectivity index (χ0n) is 13.3. The van der Waals surface area contributed by atoms with Gasteiger partial charge in [0.05, 0.1) is 17.0 Å². The van der Waals surface area contributed by atoms with Crippen LogP contribution in [0.3, 0.4) is 0 Å². The molecule has 0 spiro atoms. The average molecular weight is 339 g/mol. The number of thiophene rings is 1. The molecule has 0 atom stereocenters. The van der Waals surface area contributed by atoms with Gasteiger partial charge in [-0.05, 0) is 39.3 Å². The second-order valence-electron chi connectivity index (χ2n) is 6.20. The van der Waals surface area contributed by atoms with Crippen LogP contribution in [0.5, 0.6) is 0 Å². The predicted molar refractivity (Wildman–Crippen MR) is 86.5 cm³/mol. The number of aryl methyl sites for hydroxylation is 1. The fourth-order valence-electron chi connectivity index (χ4n) is 2.06. The summed E-state index contributed by atoms with van der Waals surface area (Å²) in [4.78, 5) is 38.3. The minimum Gasteiger partial charge on any atom is -0.347 e. The molecule has 0 aliphatic heterocycles. The van der Waals surface area contributed by atoms with E-state index in [2.05, 4.69) is 10.3 Å². The van der Waals surface area contributed by atoms with E-state index in [-0.39, 0.29) is 17.0 Å². The Morgan fingerprint density at radius 2 is 2.04 bits per heavy atom. The molecule has 1 amide bonds. The maximum atomic E-state index is 13.1. The van der Waals surface area contributed by atoms with E-state index in [4.69, 9.17) is 0 Å². The molecule has 0 unspecified atom stereocenters. The lowest BCUT2D eigenvalue weighted by Crippen LogP contribution is -2.40. The van der Waals surface area contributed by atoms with Gasteiger partial charge in [0, 0.05) is 11.7 Å². The van der Waals surface area contributed by atoms with Gasteiger partial charge in [0.15, 0.2) is 5.13 Å². The predicted octanol–water partition coefficient (Wildman–Crippen LogP) is 1.73. The SMILES string of the molecule is Cc1cc(F)sc1C(=O)NCc1cn(C(C)(C)C)c(=O)[nH]c1=O. The summed E-state index contributed by atoms with van der Waals surface area (Å²) in [6.07, 6.45) is 1.43. The van der Waals surface area contributed by atoms with E-state index in [1.807, 2.05) is 20.8 Å². The van der Waals surface area contributed by atoms with Crippen LogP contribution < -0.4 is 16.6 Å². The van der Waals surface area contributed by atoms with Crippen molar-refractivity contribution in [3.05, 3.63) is 54.2 Å². The van der Waals surface area contributed by atoms with Crippen LogP contribution in [0.1, 0.15) is 41.6 Å². The molecular formula is C15H18FN3O3S. The third kappa shape index (κ3) is 3.76. The molecule has 0 bridgehead atoms. The van der Waals surface area contributed by atoms with E-state index >= 15 is 0 Å². The Labute approximate surface area is 136 Å². The van der Waals surface area contributed by atoms with Crippen molar-refractivity contribution in [2.24, 2.45) is 0 Å². The molecule has 2 rings (SSSR count). The van der Waals surface area contributed by atoms with Crippen molar-refractivity contribution in [3.8, 4) is 0 Å². The quantitative estimate of drug-likeness (QED) is 0.893. The number of carbonyl (C=O) groups excluding carboxylic acids is 1. The first-order chi connectivity index (χ1) is 10.6. The van der Waals surface area contributed by atoms with E-state index in [1.54, 1.807) is 6.92 Å². The first kappa shape index (κ1) is 17.1. The van der Waals surface area contributed by atoms with E-state index < -0.39 is 27.8 Å². The van der Waals surface area contributed by atoms with Gasteiger partial charge in [-0.2, -0.15) is 4.39 Å². The van der Waals surface area contributed by atoms with Crippen LogP contribution in [-0.4, -0.2) is 15.5 Å². The highest BCUT2D eigenvalue weighted by Gasteiger charge is 2.18. The smallest absolute Gasteiger partial charge is 0.328 e. The van der Waals surface area contributed by atoms with Crippen molar-refractivity contribution >= 4 is 17.2 Å². The van der Waals surface area contributed by atoms with E-state index in [0.717, 1.165) is 11.3 Å². The summed E-state index contributed by atoms with van der Waals surface area (Å²) in [5, 5.41) is 2.14. The number of halogens is 1. The molecule has 23 heavy (non-hydrogen) atoms. The molecule has 0 aromatic carbocycles. The van der Waals surface area contributed by atoms with Crippen LogP contribution in [0.4, 0.5) is 4.39 Å². The Bertz CT molecular complexity index is 858. The van der Waals surface area contributed by atoms with Gasteiger partial charge in [-0.25, -0.2) is 4.79 Å². The van der Waals surface area contributed by atoms with Gasteiger partial charge >= 0.3 is 5.69 Å². The number of hydrogen-bond acceptors (Lipinski definition) is 4. The number of aromatic amines is 1. The van der Waals surface area contributed by atoms with E-state index in [0.29, 0.717) is 5.56 Å². The second-order valence-corrected chi connectivity index (χ2v) is 7.20. The van der Waals surface area contributed by atoms with Crippen molar-refractivity contribution in [1.82, 2.24) is 14.9 Å². The molecule has 2 aromatic heterocycles. The fourth-order valence-corrected chi connectivity index (χ4v) is 2.87. The van der Waals surface area contributed by atoms with Crippen LogP contribution in [0.15, 0.2) is 21.9 Å². The fraction of sp³-hybridized carbons (Fsp3) is 0.400. The second kappa shape index (κ2) is 6.11. The maximum Gasteiger partial charge on any atom is 0.328 e. The van der Waals surface area contributed by atoms with Crippen LogP contribution in [-0.2, 0) is 12.1 Å². The topological polar surface area (TPSA) is 84.0 Å². The monoisotopic (exact) mass is 339 g/mol. The lowest BCUT2D eigenvalue weighted by Gasteiger charge is -2.22. The number of nitrogens with one attached hydrogen (secondary N) is 2. The highest BCUT2D eigenvalue weighted by molar-refractivity contribution is 7.12. The lowest BCUT2D eigenvalue weighted by molar-refractivity contribution is 0.0954. The molecule has 0 aliphatic rings. The average Bonchev–Trinajstić information content (AvgIpc) is 2.75. The highest BCUT2D eigenvalue weighted by Crippen LogP contribution is 2.20. The van der Waals surface area contributed by atoms with Gasteiger partial charge in [0.2, 0.25) is 0 Å². The largest absolute Gasteiger partial charge is 0.347 e. The zero-order chi connectivity index (χ0) is 17.4. The van der Waals surface area contributed by atoms with Crippen LogP contribution in [0.2, 0.25) is 0 Å². The summed E-state index contributed by atoms with van der Waals surface area (Å²) in [6.45, 7) is 7.07. The van der Waals surface area contributed by atoms with E-state index in [9.17, 15) is 18.8 Å². The molecule has 0 saturated carbocycles. The summed E-state index contributed by atoms with van der Waals surface area (Å²) in [6, 6.07) is 1.28. The minimum atomic E-state index is -0.551. The van der Waals surface area contributed by atoms with Gasteiger partial charge < -0.3 is 5.32 Å². The molecule has 2 N–H and O–H groups in total. The van der Waals surface area contributed by atoms with Gasteiger partial charge in [0.1, 0.15) is 0 Å². The highest BCUT2D eigenvalue weighted by atomic mass is 32.1. The summed E-state index contributed by atoms with van der Waals surface area (Å²) < 4.78 is 14.5. The van der Waals surface area contributed by atoms with E-state index in [1.165, 1.54) is 16.8 Å². The number of H-pyrrole nitrogens is 1. The number of amides is 1. The van der Waals surface area contributed by atoms with Crippen molar-refractivity contribution in [2.45, 2.75) is 39.8 Å². The van der Waals surface area contributed by atoms with Crippen LogP contribution in [0.25, 0.3) is 0 Å². The summed E-state index contributed by atoms with van der Waals surface area (Å²) in [5.74, 6) is -0.454. The molecule has 8 heteroatoms. The van der Waals surface area contributed by atoms with Crippen molar-refractivity contribution in [2.75, 3.05) is 0 Å². The number of hydrogen-bond donors (Lipinski definition) is 2. The van der Waals surface area contributed by atoms with Gasteiger partial charge in [-0.1, -0.05) is 0 Å².